The van der Waals surface area contributed by atoms with Crippen LogP contribution in [-0.4, -0.2) is 82.0 Å². The zero-order valence-corrected chi connectivity index (χ0v) is 31.4. The fraction of sp³-hybridized carbons (Fsp3) is 0.357. The fourth-order valence-corrected chi connectivity index (χ4v) is 6.80. The first-order valence-electron chi connectivity index (χ1n) is 17.4. The molecule has 0 bridgehead atoms. The van der Waals surface area contributed by atoms with Gasteiger partial charge in [-0.15, -0.1) is 0 Å². The standard InChI is InChI=1S/C25H31NO5.C16H15NO3.CH4O/c1-16(31-25(2,3)4)23(22(27)15-29-5)26-24(28)30-14-21-19-12-8-6-10-17(19)18-11-7-9-13-20(18)21;1-19-17-16(18)20-10-15-13-8-4-2-6-11(13)12-7-3-5-9-14(12)15;1-2/h6-13,16,21,23H,14-15H2,1-5H3,(H,26,28);2-9,15H,10H2,1H3,(H,17,18);2H,1H3/t16-,23+;;/m1../s1. The van der Waals surface area contributed by atoms with E-state index in [0.717, 1.165) is 29.4 Å². The minimum absolute atomic E-state index is 0.0467. The summed E-state index contributed by atoms with van der Waals surface area (Å²) in [5.41, 5.74) is 11.1. The van der Waals surface area contributed by atoms with Crippen molar-refractivity contribution in [2.75, 3.05) is 41.2 Å². The third-order valence-electron chi connectivity index (χ3n) is 8.79. The second-order valence-electron chi connectivity index (χ2n) is 13.4. The number of benzene rings is 4. The van der Waals surface area contributed by atoms with Gasteiger partial charge in [0, 0.05) is 26.1 Å². The highest BCUT2D eigenvalue weighted by molar-refractivity contribution is 5.89. The van der Waals surface area contributed by atoms with Crippen LogP contribution in [0.3, 0.4) is 0 Å². The van der Waals surface area contributed by atoms with Gasteiger partial charge in [-0.05, 0) is 72.2 Å². The molecule has 0 aromatic heterocycles. The molecular weight excluding hydrogens is 676 g/mol. The van der Waals surface area contributed by atoms with E-state index in [1.165, 1.54) is 36.5 Å². The lowest BCUT2D eigenvalue weighted by atomic mass is 9.98. The number of alkyl carbamates (subject to hydrolysis) is 1. The first-order chi connectivity index (χ1) is 25.5. The molecule has 11 nitrogen and oxygen atoms in total. The Morgan fingerprint density at radius 1 is 0.660 bits per heavy atom. The van der Waals surface area contributed by atoms with E-state index in [4.69, 9.17) is 24.1 Å². The van der Waals surface area contributed by atoms with Crippen molar-refractivity contribution in [1.82, 2.24) is 10.8 Å². The maximum absolute atomic E-state index is 12.6. The van der Waals surface area contributed by atoms with Crippen molar-refractivity contribution in [2.45, 2.75) is 57.3 Å². The summed E-state index contributed by atoms with van der Waals surface area (Å²) in [6, 6.07) is 31.8. The SMILES string of the molecule is CO.COCC(=O)[C@@H](NC(=O)OCC1c2ccccc2-c2ccccc21)[C@@H](C)OC(C)(C)C.CONC(=O)OCC1c2ccccc2-c2ccccc21. The summed E-state index contributed by atoms with van der Waals surface area (Å²) in [5, 5.41) is 9.68. The maximum atomic E-state index is 12.6. The number of methoxy groups -OCH3 is 1. The Labute approximate surface area is 311 Å². The topological polar surface area (TPSA) is 142 Å². The minimum atomic E-state index is -0.866. The normalized spacial score (nSPS) is 13.7. The molecule has 0 heterocycles. The molecule has 0 aliphatic heterocycles. The smallest absolute Gasteiger partial charge is 0.431 e. The van der Waals surface area contributed by atoms with E-state index >= 15 is 0 Å². The number of hydroxylamine groups is 1. The zero-order chi connectivity index (χ0) is 38.5. The van der Waals surface area contributed by atoms with Crippen LogP contribution in [0.15, 0.2) is 97.1 Å². The molecule has 11 heteroatoms. The number of nitrogens with one attached hydrogen (secondary N) is 2. The van der Waals surface area contributed by atoms with Crippen LogP contribution in [0, 0.1) is 0 Å². The number of hydrogen-bond donors (Lipinski definition) is 3. The van der Waals surface area contributed by atoms with Crippen LogP contribution >= 0.6 is 0 Å². The van der Waals surface area contributed by atoms with Crippen molar-refractivity contribution in [1.29, 1.82) is 0 Å². The van der Waals surface area contributed by atoms with Gasteiger partial charge in [-0.2, -0.15) is 5.48 Å². The largest absolute Gasteiger partial charge is 0.449 e. The number of hydrogen-bond acceptors (Lipinski definition) is 9. The highest BCUT2D eigenvalue weighted by Gasteiger charge is 2.33. The lowest BCUT2D eigenvalue weighted by Gasteiger charge is -2.30. The molecule has 2 aliphatic carbocycles. The molecule has 0 saturated heterocycles. The summed E-state index contributed by atoms with van der Waals surface area (Å²) < 4.78 is 21.6. The highest BCUT2D eigenvalue weighted by Crippen LogP contribution is 2.45. The Balaban J connectivity index is 0.000000245. The van der Waals surface area contributed by atoms with Crippen LogP contribution in [-0.2, 0) is 28.6 Å². The number of ether oxygens (including phenoxy) is 4. The summed E-state index contributed by atoms with van der Waals surface area (Å²) in [7, 11) is 3.82. The van der Waals surface area contributed by atoms with Crippen LogP contribution in [0.1, 0.15) is 61.8 Å². The molecule has 53 heavy (non-hydrogen) atoms. The Hall–Kier alpha value is -5.07. The number of aliphatic hydroxyl groups excluding tert-OH is 1. The molecule has 4 aromatic carbocycles. The second-order valence-corrected chi connectivity index (χ2v) is 13.4. The van der Waals surface area contributed by atoms with Gasteiger partial charge in [0.2, 0.25) is 0 Å². The summed E-state index contributed by atoms with van der Waals surface area (Å²) in [5.74, 6) is -0.243. The Kier molecular flexibility index (Phi) is 14.7. The van der Waals surface area contributed by atoms with Crippen LogP contribution in [0.4, 0.5) is 9.59 Å². The van der Waals surface area contributed by atoms with E-state index < -0.39 is 29.9 Å². The Bertz CT molecular complexity index is 1750. The molecule has 2 aliphatic rings. The molecule has 282 valence electrons. The lowest BCUT2D eigenvalue weighted by molar-refractivity contribution is -0.132. The van der Waals surface area contributed by atoms with Crippen LogP contribution in [0.2, 0.25) is 0 Å². The molecule has 2 atom stereocenters. The van der Waals surface area contributed by atoms with Gasteiger partial charge in [-0.3, -0.25) is 9.63 Å². The Morgan fingerprint density at radius 3 is 1.40 bits per heavy atom. The van der Waals surface area contributed by atoms with Crippen molar-refractivity contribution in [3.63, 3.8) is 0 Å². The van der Waals surface area contributed by atoms with Crippen LogP contribution in [0.5, 0.6) is 0 Å². The molecular formula is C42H50N2O9. The minimum Gasteiger partial charge on any atom is -0.449 e. The van der Waals surface area contributed by atoms with Gasteiger partial charge in [0.15, 0.2) is 5.78 Å². The molecule has 3 N–H and O–H groups in total. The van der Waals surface area contributed by atoms with Crippen molar-refractivity contribution in [3.8, 4) is 22.3 Å². The number of rotatable bonds is 11. The van der Waals surface area contributed by atoms with Crippen LogP contribution < -0.4 is 10.8 Å². The maximum Gasteiger partial charge on any atom is 0.431 e. The molecule has 0 unspecified atom stereocenters. The molecule has 2 amide bonds. The van der Waals surface area contributed by atoms with E-state index in [0.29, 0.717) is 6.61 Å². The molecule has 4 aromatic rings. The molecule has 0 spiro atoms. The summed E-state index contributed by atoms with van der Waals surface area (Å²) in [6.07, 6.45) is -1.77. The number of fused-ring (bicyclic) bond motifs is 6. The van der Waals surface area contributed by atoms with Crippen molar-refractivity contribution < 1.29 is 43.3 Å². The monoisotopic (exact) mass is 726 g/mol. The predicted octanol–water partition coefficient (Wildman–Crippen LogP) is 7.01. The van der Waals surface area contributed by atoms with Gasteiger partial charge in [-0.1, -0.05) is 97.1 Å². The Morgan fingerprint density at radius 2 is 1.04 bits per heavy atom. The number of ketones is 1. The van der Waals surface area contributed by atoms with Gasteiger partial charge < -0.3 is 29.4 Å². The number of aliphatic hydroxyl groups is 1. The van der Waals surface area contributed by atoms with E-state index in [-0.39, 0.29) is 30.8 Å². The zero-order valence-electron chi connectivity index (χ0n) is 31.4. The second kappa shape index (κ2) is 19.1. The van der Waals surface area contributed by atoms with Gasteiger partial charge in [0.1, 0.15) is 25.9 Å². The fourth-order valence-electron chi connectivity index (χ4n) is 6.80. The van der Waals surface area contributed by atoms with Gasteiger partial charge >= 0.3 is 12.2 Å². The summed E-state index contributed by atoms with van der Waals surface area (Å²) in [6.45, 7) is 7.81. The van der Waals surface area contributed by atoms with E-state index in [9.17, 15) is 14.4 Å². The lowest BCUT2D eigenvalue weighted by Crippen LogP contribution is -2.51. The van der Waals surface area contributed by atoms with Gasteiger partial charge in [0.05, 0.1) is 18.8 Å². The molecule has 6 rings (SSSR count). The summed E-state index contributed by atoms with van der Waals surface area (Å²) in [4.78, 5) is 41.0. The number of carbonyl (C=O) groups excluding carboxylic acids is 3. The predicted molar refractivity (Wildman–Crippen MR) is 203 cm³/mol. The van der Waals surface area contributed by atoms with Gasteiger partial charge in [0.25, 0.3) is 0 Å². The number of carbonyl (C=O) groups is 3. The molecule has 0 fully saturated rings. The van der Waals surface area contributed by atoms with E-state index in [1.807, 2.05) is 69.3 Å². The van der Waals surface area contributed by atoms with Crippen molar-refractivity contribution in [2.24, 2.45) is 0 Å². The molecule has 0 saturated carbocycles. The first kappa shape index (κ1) is 40.7. The highest BCUT2D eigenvalue weighted by atomic mass is 16.7. The summed E-state index contributed by atoms with van der Waals surface area (Å²) >= 11 is 0. The van der Waals surface area contributed by atoms with E-state index in [1.54, 1.807) is 6.92 Å². The number of Topliss-reactive ketones (excluding diaryl/α,β-unsaturated/α-hetero) is 1. The average Bonchev–Trinajstić information content (AvgIpc) is 3.65. The van der Waals surface area contributed by atoms with E-state index in [2.05, 4.69) is 64.2 Å². The average molecular weight is 727 g/mol. The quantitative estimate of drug-likeness (QED) is 0.139. The third-order valence-corrected chi connectivity index (χ3v) is 8.79. The van der Waals surface area contributed by atoms with Crippen LogP contribution in [0.25, 0.3) is 22.3 Å². The van der Waals surface area contributed by atoms with Crippen molar-refractivity contribution >= 4 is 18.0 Å². The number of amides is 2. The van der Waals surface area contributed by atoms with Crippen molar-refractivity contribution in [3.05, 3.63) is 119 Å². The first-order valence-corrected chi connectivity index (χ1v) is 17.4. The van der Waals surface area contributed by atoms with Gasteiger partial charge in [-0.25, -0.2) is 9.59 Å². The third kappa shape index (κ3) is 10.3. The molecule has 0 radical (unpaired) electrons.